The number of allylic oxidation sites excluding steroid dienone is 2. The summed E-state index contributed by atoms with van der Waals surface area (Å²) in [7, 11) is 2.79. The number of carbonyl (C=O) groups excluding carboxylic acids is 2. The lowest BCUT2D eigenvalue weighted by atomic mass is 9.55. The number of hydrogen-bond donors (Lipinski definition) is 0. The molecule has 2 aliphatic carbocycles. The summed E-state index contributed by atoms with van der Waals surface area (Å²) in [4.78, 5) is 24.7. The van der Waals surface area contributed by atoms with Crippen molar-refractivity contribution in [3.05, 3.63) is 58.7 Å². The molecule has 3 rings (SSSR count). The van der Waals surface area contributed by atoms with E-state index in [1.54, 1.807) is 6.07 Å². The molecule has 2 bridgehead atoms. The first kappa shape index (κ1) is 16.5. The zero-order valence-corrected chi connectivity index (χ0v) is 14.3. The molecule has 1 aromatic carbocycles. The van der Waals surface area contributed by atoms with E-state index in [1.165, 1.54) is 14.2 Å². The number of esters is 2. The molecule has 0 amide bonds. The van der Waals surface area contributed by atoms with Gasteiger partial charge in [-0.25, -0.2) is 4.79 Å². The number of methoxy groups -OCH3 is 2. The van der Waals surface area contributed by atoms with Crippen molar-refractivity contribution in [1.29, 1.82) is 0 Å². The van der Waals surface area contributed by atoms with Crippen LogP contribution < -0.4 is 0 Å². The van der Waals surface area contributed by atoms with Crippen LogP contribution in [0.3, 0.4) is 0 Å². The molecule has 24 heavy (non-hydrogen) atoms. The van der Waals surface area contributed by atoms with Gasteiger partial charge in [-0.1, -0.05) is 24.3 Å². The van der Waals surface area contributed by atoms with E-state index in [0.29, 0.717) is 12.0 Å². The fraction of sp³-hybridized carbons (Fsp3) is 0.400. The second-order valence-corrected chi connectivity index (χ2v) is 6.54. The van der Waals surface area contributed by atoms with E-state index in [9.17, 15) is 9.59 Å². The first-order valence-electron chi connectivity index (χ1n) is 8.11. The molecular formula is C20H22O4. The van der Waals surface area contributed by atoms with E-state index in [2.05, 4.69) is 6.58 Å². The number of benzene rings is 1. The molecule has 0 aliphatic heterocycles. The van der Waals surface area contributed by atoms with Crippen LogP contribution in [0.2, 0.25) is 0 Å². The van der Waals surface area contributed by atoms with E-state index in [0.717, 1.165) is 35.1 Å². The maximum absolute atomic E-state index is 12.9. The van der Waals surface area contributed by atoms with Gasteiger partial charge < -0.3 is 9.47 Å². The van der Waals surface area contributed by atoms with Crippen LogP contribution in [0.5, 0.6) is 0 Å². The van der Waals surface area contributed by atoms with Gasteiger partial charge in [-0.3, -0.25) is 4.79 Å². The highest BCUT2D eigenvalue weighted by atomic mass is 16.5. The van der Waals surface area contributed by atoms with Crippen LogP contribution in [-0.4, -0.2) is 26.2 Å². The van der Waals surface area contributed by atoms with Gasteiger partial charge in [-0.2, -0.15) is 0 Å². The first-order chi connectivity index (χ1) is 11.5. The van der Waals surface area contributed by atoms with E-state index in [1.807, 2.05) is 25.1 Å². The zero-order valence-electron chi connectivity index (χ0n) is 14.3. The molecule has 4 nitrogen and oxygen atoms in total. The van der Waals surface area contributed by atoms with Crippen molar-refractivity contribution in [2.24, 2.45) is 5.92 Å². The highest BCUT2D eigenvalue weighted by molar-refractivity contribution is 5.92. The molecule has 0 saturated heterocycles. The highest BCUT2D eigenvalue weighted by Gasteiger charge is 2.53. The van der Waals surface area contributed by atoms with Gasteiger partial charge in [0.1, 0.15) is 5.41 Å². The summed E-state index contributed by atoms with van der Waals surface area (Å²) in [5.41, 5.74) is 3.82. The number of carbonyl (C=O) groups is 2. The Morgan fingerprint density at radius 3 is 2.62 bits per heavy atom. The van der Waals surface area contributed by atoms with Crippen molar-refractivity contribution in [3.8, 4) is 0 Å². The summed E-state index contributed by atoms with van der Waals surface area (Å²) >= 11 is 0. The van der Waals surface area contributed by atoms with E-state index < -0.39 is 5.41 Å². The predicted molar refractivity (Wildman–Crippen MR) is 90.8 cm³/mol. The Bertz CT molecular complexity index is 759. The lowest BCUT2D eigenvalue weighted by molar-refractivity contribution is -0.146. The molecule has 0 radical (unpaired) electrons. The van der Waals surface area contributed by atoms with Crippen molar-refractivity contribution in [2.75, 3.05) is 14.2 Å². The summed E-state index contributed by atoms with van der Waals surface area (Å²) in [6.07, 6.45) is 4.25. The van der Waals surface area contributed by atoms with Gasteiger partial charge in [0.25, 0.3) is 0 Å². The van der Waals surface area contributed by atoms with Crippen LogP contribution in [0.4, 0.5) is 0 Å². The molecule has 0 heterocycles. The fourth-order valence-corrected chi connectivity index (χ4v) is 4.43. The SMILES string of the molecule is C=C1CC2Cc3cc(C(=O)OC)ccc3C(C(=O)OC)(C1)/C2=C/C. The summed E-state index contributed by atoms with van der Waals surface area (Å²) < 4.78 is 10.0. The van der Waals surface area contributed by atoms with Crippen LogP contribution in [0.15, 0.2) is 42.0 Å². The Labute approximate surface area is 142 Å². The van der Waals surface area contributed by atoms with Crippen LogP contribution in [0, 0.1) is 5.92 Å². The average Bonchev–Trinajstić information content (AvgIpc) is 2.58. The fourth-order valence-electron chi connectivity index (χ4n) is 4.43. The largest absolute Gasteiger partial charge is 0.468 e. The van der Waals surface area contributed by atoms with Gasteiger partial charge in [-0.15, -0.1) is 0 Å². The van der Waals surface area contributed by atoms with Crippen LogP contribution in [0.1, 0.15) is 41.3 Å². The molecular weight excluding hydrogens is 304 g/mol. The van der Waals surface area contributed by atoms with Gasteiger partial charge in [0.05, 0.1) is 19.8 Å². The van der Waals surface area contributed by atoms with Crippen molar-refractivity contribution < 1.29 is 19.1 Å². The molecule has 2 unspecified atom stereocenters. The summed E-state index contributed by atoms with van der Waals surface area (Å²) in [5, 5.41) is 0. The molecule has 126 valence electrons. The highest BCUT2D eigenvalue weighted by Crippen LogP contribution is 2.54. The van der Waals surface area contributed by atoms with Gasteiger partial charge in [0.2, 0.25) is 0 Å². The summed E-state index contributed by atoms with van der Waals surface area (Å²) in [6, 6.07) is 5.45. The van der Waals surface area contributed by atoms with Crippen LogP contribution in [0.25, 0.3) is 0 Å². The number of rotatable bonds is 2. The minimum atomic E-state index is -0.814. The van der Waals surface area contributed by atoms with Crippen molar-refractivity contribution in [3.63, 3.8) is 0 Å². The molecule has 2 atom stereocenters. The number of fused-ring (bicyclic) bond motifs is 4. The van der Waals surface area contributed by atoms with Gasteiger partial charge in [-0.05, 0) is 60.9 Å². The smallest absolute Gasteiger partial charge is 0.337 e. The molecule has 1 aromatic rings. The van der Waals surface area contributed by atoms with Gasteiger partial charge in [0.15, 0.2) is 0 Å². The molecule has 1 fully saturated rings. The van der Waals surface area contributed by atoms with Gasteiger partial charge in [0, 0.05) is 0 Å². The number of ether oxygens (including phenoxy) is 2. The topological polar surface area (TPSA) is 52.6 Å². The van der Waals surface area contributed by atoms with Crippen molar-refractivity contribution >= 4 is 11.9 Å². The monoisotopic (exact) mass is 326 g/mol. The Balaban J connectivity index is 2.25. The summed E-state index contributed by atoms with van der Waals surface area (Å²) in [6.45, 7) is 6.12. The maximum Gasteiger partial charge on any atom is 0.337 e. The number of hydrogen-bond acceptors (Lipinski definition) is 4. The third kappa shape index (κ3) is 2.20. The molecule has 4 heteroatoms. The molecule has 0 spiro atoms. The Kier molecular flexibility index (Phi) is 4.08. The Hall–Kier alpha value is -2.36. The van der Waals surface area contributed by atoms with Gasteiger partial charge >= 0.3 is 11.9 Å². The first-order valence-corrected chi connectivity index (χ1v) is 8.11. The van der Waals surface area contributed by atoms with E-state index in [-0.39, 0.29) is 17.9 Å². The maximum atomic E-state index is 12.9. The van der Waals surface area contributed by atoms with E-state index in [4.69, 9.17) is 9.47 Å². The third-order valence-corrected chi connectivity index (χ3v) is 5.28. The average molecular weight is 326 g/mol. The minimum absolute atomic E-state index is 0.218. The Morgan fingerprint density at radius 1 is 1.25 bits per heavy atom. The van der Waals surface area contributed by atoms with Crippen LogP contribution in [-0.2, 0) is 26.1 Å². The zero-order chi connectivity index (χ0) is 17.5. The third-order valence-electron chi connectivity index (χ3n) is 5.28. The second kappa shape index (κ2) is 5.93. The lowest BCUT2D eigenvalue weighted by Crippen LogP contribution is -2.48. The molecule has 1 saturated carbocycles. The molecule has 0 N–H and O–H groups in total. The molecule has 0 aromatic heterocycles. The lowest BCUT2D eigenvalue weighted by Gasteiger charge is -2.47. The normalized spacial score (nSPS) is 26.7. The predicted octanol–water partition coefficient (Wildman–Crippen LogP) is 3.35. The van der Waals surface area contributed by atoms with Crippen molar-refractivity contribution in [2.45, 2.75) is 31.6 Å². The molecule has 2 aliphatic rings. The summed E-state index contributed by atoms with van der Waals surface area (Å²) in [5.74, 6) is -0.403. The Morgan fingerprint density at radius 2 is 2.00 bits per heavy atom. The van der Waals surface area contributed by atoms with Crippen LogP contribution >= 0.6 is 0 Å². The van der Waals surface area contributed by atoms with E-state index >= 15 is 0 Å². The quantitative estimate of drug-likeness (QED) is 0.618. The minimum Gasteiger partial charge on any atom is -0.468 e. The van der Waals surface area contributed by atoms with Crippen molar-refractivity contribution in [1.82, 2.24) is 0 Å². The standard InChI is InChI=1S/C20H22O4/c1-5-16-14-8-12(2)11-20(16,19(22)24-4)17-7-6-13(18(21)23-3)9-15(17)10-14/h5-7,9,14H,2,8,10-11H2,1,3-4H3/b16-5+. The second-order valence-electron chi connectivity index (χ2n) is 6.54.